The summed E-state index contributed by atoms with van der Waals surface area (Å²) < 4.78 is 41.3. The van der Waals surface area contributed by atoms with Gasteiger partial charge in [-0.1, -0.05) is 24.8 Å². The lowest BCUT2D eigenvalue weighted by Gasteiger charge is -2.08. The van der Waals surface area contributed by atoms with Crippen molar-refractivity contribution in [3.63, 3.8) is 0 Å². The molecular formula is C15H11F3N2O3. The summed E-state index contributed by atoms with van der Waals surface area (Å²) in [4.78, 5) is 22.4. The van der Waals surface area contributed by atoms with Crippen molar-refractivity contribution in [1.29, 1.82) is 5.26 Å². The zero-order valence-electron chi connectivity index (χ0n) is 11.7. The molecule has 8 heteroatoms. The molecule has 0 heterocycles. The van der Waals surface area contributed by atoms with Gasteiger partial charge in [-0.2, -0.15) is 18.4 Å². The average Bonchev–Trinajstić information content (AvgIpc) is 2.49. The van der Waals surface area contributed by atoms with Crippen LogP contribution in [0.25, 0.3) is 6.08 Å². The molecule has 0 radical (unpaired) electrons. The van der Waals surface area contributed by atoms with Crippen LogP contribution in [-0.4, -0.2) is 24.7 Å². The maximum atomic E-state index is 12.2. The maximum absolute atomic E-state index is 12.2. The maximum Gasteiger partial charge on any atom is 0.471 e. The molecule has 0 atom stereocenters. The van der Waals surface area contributed by atoms with Crippen molar-refractivity contribution in [3.8, 4) is 6.07 Å². The number of esters is 1. The standard InChI is InChI=1S/C15H11F3N2O3/c1-2-6-23-13(21)11(9-19)7-10-4-3-5-12(8-10)20-14(22)15(16,17)18/h2-5,7-8H,1,6H2,(H,20,22)/b11-7+. The van der Waals surface area contributed by atoms with Gasteiger partial charge in [0.2, 0.25) is 0 Å². The zero-order valence-corrected chi connectivity index (χ0v) is 11.7. The third-order valence-corrected chi connectivity index (χ3v) is 2.39. The molecule has 0 unspecified atom stereocenters. The van der Waals surface area contributed by atoms with Gasteiger partial charge in [0.25, 0.3) is 0 Å². The first-order chi connectivity index (χ1) is 10.8. The molecule has 0 aliphatic carbocycles. The van der Waals surface area contributed by atoms with Crippen LogP contribution in [0, 0.1) is 11.3 Å². The Hall–Kier alpha value is -3.08. The number of nitrogens with one attached hydrogen (secondary N) is 1. The Morgan fingerprint density at radius 1 is 1.39 bits per heavy atom. The van der Waals surface area contributed by atoms with Crippen molar-refractivity contribution in [2.24, 2.45) is 0 Å². The quantitative estimate of drug-likeness (QED) is 0.391. The summed E-state index contributed by atoms with van der Waals surface area (Å²) in [7, 11) is 0. The molecule has 0 aromatic heterocycles. The topological polar surface area (TPSA) is 79.2 Å². The van der Waals surface area contributed by atoms with E-state index in [1.807, 2.05) is 0 Å². The van der Waals surface area contributed by atoms with Crippen LogP contribution in [0.3, 0.4) is 0 Å². The molecule has 1 N–H and O–H groups in total. The number of benzene rings is 1. The number of carbonyl (C=O) groups excluding carboxylic acids is 2. The second kappa shape index (κ2) is 7.79. The van der Waals surface area contributed by atoms with E-state index in [1.165, 1.54) is 30.3 Å². The highest BCUT2D eigenvalue weighted by Gasteiger charge is 2.38. The van der Waals surface area contributed by atoms with E-state index in [1.54, 1.807) is 11.4 Å². The van der Waals surface area contributed by atoms with E-state index in [0.717, 1.165) is 6.08 Å². The molecule has 0 bridgehead atoms. The summed E-state index contributed by atoms with van der Waals surface area (Å²) in [5.74, 6) is -3.01. The lowest BCUT2D eigenvalue weighted by molar-refractivity contribution is -0.167. The van der Waals surface area contributed by atoms with Gasteiger partial charge < -0.3 is 10.1 Å². The lowest BCUT2D eigenvalue weighted by atomic mass is 10.1. The molecule has 5 nitrogen and oxygen atoms in total. The first kappa shape index (κ1) is 18.0. The third kappa shape index (κ3) is 5.67. The second-order valence-electron chi connectivity index (χ2n) is 4.13. The van der Waals surface area contributed by atoms with Crippen molar-refractivity contribution in [1.82, 2.24) is 0 Å². The highest BCUT2D eigenvalue weighted by atomic mass is 19.4. The van der Waals surface area contributed by atoms with E-state index < -0.39 is 18.1 Å². The van der Waals surface area contributed by atoms with Crippen molar-refractivity contribution >= 4 is 23.6 Å². The predicted octanol–water partition coefficient (Wildman–Crippen LogP) is 2.82. The van der Waals surface area contributed by atoms with Crippen molar-refractivity contribution in [2.45, 2.75) is 6.18 Å². The Kier molecular flexibility index (Phi) is 6.09. The predicted molar refractivity (Wildman–Crippen MR) is 75.9 cm³/mol. The van der Waals surface area contributed by atoms with Gasteiger partial charge in [-0.15, -0.1) is 0 Å². The molecule has 23 heavy (non-hydrogen) atoms. The molecule has 1 rings (SSSR count). The number of hydrogen-bond acceptors (Lipinski definition) is 4. The van der Waals surface area contributed by atoms with E-state index in [-0.39, 0.29) is 23.4 Å². The molecular weight excluding hydrogens is 313 g/mol. The molecule has 0 spiro atoms. The van der Waals surface area contributed by atoms with Gasteiger partial charge in [-0.3, -0.25) is 4.79 Å². The van der Waals surface area contributed by atoms with Crippen LogP contribution in [0.1, 0.15) is 5.56 Å². The van der Waals surface area contributed by atoms with Crippen LogP contribution in [-0.2, 0) is 14.3 Å². The van der Waals surface area contributed by atoms with Crippen LogP contribution in [0.15, 0.2) is 42.5 Å². The van der Waals surface area contributed by atoms with Gasteiger partial charge in [0.1, 0.15) is 18.2 Å². The van der Waals surface area contributed by atoms with Gasteiger partial charge in [0.15, 0.2) is 0 Å². The molecule has 1 amide bonds. The molecule has 0 saturated carbocycles. The SMILES string of the molecule is C=CCOC(=O)/C(C#N)=C/c1cccc(NC(=O)C(F)(F)F)c1. The first-order valence-electron chi connectivity index (χ1n) is 6.16. The lowest BCUT2D eigenvalue weighted by Crippen LogP contribution is -2.29. The summed E-state index contributed by atoms with van der Waals surface area (Å²) in [5, 5.41) is 10.6. The first-order valence-corrected chi connectivity index (χ1v) is 6.16. The fourth-order valence-corrected chi connectivity index (χ4v) is 1.42. The Bertz CT molecular complexity index is 688. The highest BCUT2D eigenvalue weighted by molar-refractivity contribution is 5.98. The summed E-state index contributed by atoms with van der Waals surface area (Å²) in [6, 6.07) is 6.86. The van der Waals surface area contributed by atoms with Crippen molar-refractivity contribution < 1.29 is 27.5 Å². The number of ether oxygens (including phenoxy) is 1. The van der Waals surface area contributed by atoms with Crippen molar-refractivity contribution in [2.75, 3.05) is 11.9 Å². The number of halogens is 3. The highest BCUT2D eigenvalue weighted by Crippen LogP contribution is 2.19. The monoisotopic (exact) mass is 324 g/mol. The number of nitriles is 1. The molecule has 1 aromatic carbocycles. The Morgan fingerprint density at radius 3 is 2.65 bits per heavy atom. The molecule has 120 valence electrons. The normalized spacial score (nSPS) is 11.3. The number of amides is 1. The Morgan fingerprint density at radius 2 is 2.09 bits per heavy atom. The smallest absolute Gasteiger partial charge is 0.457 e. The average molecular weight is 324 g/mol. The molecule has 0 saturated heterocycles. The van der Waals surface area contributed by atoms with Crippen LogP contribution >= 0.6 is 0 Å². The minimum Gasteiger partial charge on any atom is -0.457 e. The van der Waals surface area contributed by atoms with Crippen LogP contribution in [0.4, 0.5) is 18.9 Å². The largest absolute Gasteiger partial charge is 0.471 e. The number of anilines is 1. The van der Waals surface area contributed by atoms with Crippen LogP contribution < -0.4 is 5.32 Å². The number of alkyl halides is 3. The van der Waals surface area contributed by atoms with E-state index in [4.69, 9.17) is 5.26 Å². The third-order valence-electron chi connectivity index (χ3n) is 2.39. The molecule has 0 fully saturated rings. The van der Waals surface area contributed by atoms with Gasteiger partial charge in [-0.25, -0.2) is 4.79 Å². The number of rotatable bonds is 5. The Balaban J connectivity index is 2.97. The van der Waals surface area contributed by atoms with Gasteiger partial charge in [0.05, 0.1) is 0 Å². The zero-order chi connectivity index (χ0) is 17.5. The van der Waals surface area contributed by atoms with Crippen LogP contribution in [0.2, 0.25) is 0 Å². The van der Waals surface area contributed by atoms with Crippen LogP contribution in [0.5, 0.6) is 0 Å². The summed E-state index contributed by atoms with van der Waals surface area (Å²) in [6.45, 7) is 3.27. The number of carbonyl (C=O) groups is 2. The number of hydrogen-bond donors (Lipinski definition) is 1. The summed E-state index contributed by atoms with van der Waals surface area (Å²) in [6.07, 6.45) is -2.56. The van der Waals surface area contributed by atoms with E-state index >= 15 is 0 Å². The molecule has 0 aliphatic rings. The molecule has 0 aliphatic heterocycles. The van der Waals surface area contributed by atoms with E-state index in [9.17, 15) is 22.8 Å². The number of nitrogens with zero attached hydrogens (tertiary/aromatic N) is 1. The minimum absolute atomic E-state index is 0.0838. The summed E-state index contributed by atoms with van der Waals surface area (Å²) in [5.41, 5.74) is -0.221. The summed E-state index contributed by atoms with van der Waals surface area (Å²) >= 11 is 0. The fraction of sp³-hybridized carbons (Fsp3) is 0.133. The van der Waals surface area contributed by atoms with Gasteiger partial charge in [0, 0.05) is 5.69 Å². The van der Waals surface area contributed by atoms with E-state index in [2.05, 4.69) is 11.3 Å². The second-order valence-corrected chi connectivity index (χ2v) is 4.13. The Labute approximate surface area is 129 Å². The van der Waals surface area contributed by atoms with E-state index in [0.29, 0.717) is 0 Å². The van der Waals surface area contributed by atoms with Crippen molar-refractivity contribution in [3.05, 3.63) is 48.1 Å². The molecule has 1 aromatic rings. The van der Waals surface area contributed by atoms with Gasteiger partial charge in [-0.05, 0) is 23.8 Å². The fourth-order valence-electron chi connectivity index (χ4n) is 1.42. The minimum atomic E-state index is -5.02. The van der Waals surface area contributed by atoms with Gasteiger partial charge >= 0.3 is 18.1 Å².